The Morgan fingerprint density at radius 3 is 2.58 bits per heavy atom. The Labute approximate surface area is 115 Å². The molecule has 0 saturated heterocycles. The number of rotatable bonds is 5. The van der Waals surface area contributed by atoms with E-state index in [2.05, 4.69) is 67.4 Å². The van der Waals surface area contributed by atoms with E-state index in [0.29, 0.717) is 6.54 Å². The van der Waals surface area contributed by atoms with Crippen molar-refractivity contribution in [3.63, 3.8) is 0 Å². The van der Waals surface area contributed by atoms with Gasteiger partial charge in [-0.25, -0.2) is 0 Å². The second kappa shape index (κ2) is 6.39. The first-order chi connectivity index (χ1) is 9.20. The standard InChI is InChI=1S/C17H22N2/c1-14-6-5-7-15(12-14)13-19(2)17-9-4-3-8-16(17)10-11-18/h3-9,12H,10-11,13,18H2,1-2H3. The van der Waals surface area contributed by atoms with Gasteiger partial charge in [0, 0.05) is 19.3 Å². The summed E-state index contributed by atoms with van der Waals surface area (Å²) in [5, 5.41) is 0. The van der Waals surface area contributed by atoms with Gasteiger partial charge < -0.3 is 10.6 Å². The van der Waals surface area contributed by atoms with Crippen LogP contribution < -0.4 is 10.6 Å². The van der Waals surface area contributed by atoms with Crippen molar-refractivity contribution in [2.45, 2.75) is 19.9 Å². The van der Waals surface area contributed by atoms with Crippen molar-refractivity contribution < 1.29 is 0 Å². The molecule has 0 amide bonds. The Bertz CT molecular complexity index is 534. The summed E-state index contributed by atoms with van der Waals surface area (Å²) in [6.45, 7) is 3.74. The van der Waals surface area contributed by atoms with Gasteiger partial charge in [0.1, 0.15) is 0 Å². The molecule has 0 heterocycles. The lowest BCUT2D eigenvalue weighted by atomic mass is 10.1. The molecule has 0 fully saturated rings. The van der Waals surface area contributed by atoms with Crippen molar-refractivity contribution in [2.24, 2.45) is 5.73 Å². The summed E-state index contributed by atoms with van der Waals surface area (Å²) in [5.74, 6) is 0. The highest BCUT2D eigenvalue weighted by molar-refractivity contribution is 5.53. The number of anilines is 1. The number of hydrogen-bond donors (Lipinski definition) is 1. The predicted octanol–water partition coefficient (Wildman–Crippen LogP) is 3.13. The van der Waals surface area contributed by atoms with Crippen molar-refractivity contribution >= 4 is 5.69 Å². The Kier molecular flexibility index (Phi) is 4.58. The average Bonchev–Trinajstić information content (AvgIpc) is 2.39. The summed E-state index contributed by atoms with van der Waals surface area (Å²) in [5.41, 5.74) is 10.9. The lowest BCUT2D eigenvalue weighted by Crippen LogP contribution is -2.19. The molecule has 0 aliphatic rings. The number of aryl methyl sites for hydroxylation is 1. The third-order valence-corrected chi connectivity index (χ3v) is 3.32. The number of hydrogen-bond acceptors (Lipinski definition) is 2. The monoisotopic (exact) mass is 254 g/mol. The van der Waals surface area contributed by atoms with Crippen molar-refractivity contribution in [2.75, 3.05) is 18.5 Å². The van der Waals surface area contributed by atoms with E-state index >= 15 is 0 Å². The summed E-state index contributed by atoms with van der Waals surface area (Å²) < 4.78 is 0. The Balaban J connectivity index is 2.17. The largest absolute Gasteiger partial charge is 0.370 e. The molecule has 19 heavy (non-hydrogen) atoms. The maximum Gasteiger partial charge on any atom is 0.0426 e. The van der Waals surface area contributed by atoms with E-state index in [-0.39, 0.29) is 0 Å². The van der Waals surface area contributed by atoms with E-state index < -0.39 is 0 Å². The summed E-state index contributed by atoms with van der Waals surface area (Å²) in [6, 6.07) is 17.2. The zero-order valence-electron chi connectivity index (χ0n) is 11.8. The zero-order chi connectivity index (χ0) is 13.7. The minimum atomic E-state index is 0.690. The van der Waals surface area contributed by atoms with Gasteiger partial charge in [0.2, 0.25) is 0 Å². The smallest absolute Gasteiger partial charge is 0.0426 e. The molecular weight excluding hydrogens is 232 g/mol. The summed E-state index contributed by atoms with van der Waals surface area (Å²) in [6.07, 6.45) is 0.925. The maximum atomic E-state index is 5.68. The molecule has 0 spiro atoms. The third-order valence-electron chi connectivity index (χ3n) is 3.32. The van der Waals surface area contributed by atoms with Gasteiger partial charge in [0.15, 0.2) is 0 Å². The zero-order valence-corrected chi connectivity index (χ0v) is 11.8. The van der Waals surface area contributed by atoms with Gasteiger partial charge in [0.25, 0.3) is 0 Å². The molecule has 0 bridgehead atoms. The fourth-order valence-corrected chi connectivity index (χ4v) is 2.42. The fourth-order valence-electron chi connectivity index (χ4n) is 2.42. The van der Waals surface area contributed by atoms with E-state index in [0.717, 1.165) is 13.0 Å². The van der Waals surface area contributed by atoms with Crippen LogP contribution in [0.4, 0.5) is 5.69 Å². The van der Waals surface area contributed by atoms with Gasteiger partial charge in [-0.05, 0) is 37.1 Å². The Morgan fingerprint density at radius 1 is 1.05 bits per heavy atom. The Hall–Kier alpha value is -1.80. The van der Waals surface area contributed by atoms with E-state index in [1.165, 1.54) is 22.4 Å². The van der Waals surface area contributed by atoms with Crippen molar-refractivity contribution in [3.8, 4) is 0 Å². The van der Waals surface area contributed by atoms with Crippen molar-refractivity contribution in [1.82, 2.24) is 0 Å². The van der Waals surface area contributed by atoms with E-state index in [1.807, 2.05) is 0 Å². The second-order valence-corrected chi connectivity index (χ2v) is 5.01. The molecule has 2 rings (SSSR count). The quantitative estimate of drug-likeness (QED) is 0.888. The molecule has 2 aromatic rings. The summed E-state index contributed by atoms with van der Waals surface area (Å²) >= 11 is 0. The van der Waals surface area contributed by atoms with E-state index in [4.69, 9.17) is 5.73 Å². The fraction of sp³-hybridized carbons (Fsp3) is 0.294. The molecule has 0 aromatic heterocycles. The van der Waals surface area contributed by atoms with Gasteiger partial charge in [-0.2, -0.15) is 0 Å². The highest BCUT2D eigenvalue weighted by Gasteiger charge is 2.07. The van der Waals surface area contributed by atoms with Crippen molar-refractivity contribution in [3.05, 3.63) is 65.2 Å². The first-order valence-electron chi connectivity index (χ1n) is 6.75. The van der Waals surface area contributed by atoms with Gasteiger partial charge in [-0.1, -0.05) is 48.0 Å². The normalized spacial score (nSPS) is 10.5. The van der Waals surface area contributed by atoms with Gasteiger partial charge >= 0.3 is 0 Å². The summed E-state index contributed by atoms with van der Waals surface area (Å²) in [7, 11) is 2.14. The van der Waals surface area contributed by atoms with Crippen LogP contribution in [0, 0.1) is 6.92 Å². The molecular formula is C17H22N2. The minimum absolute atomic E-state index is 0.690. The van der Waals surface area contributed by atoms with Crippen LogP contribution in [0.15, 0.2) is 48.5 Å². The van der Waals surface area contributed by atoms with Crippen LogP contribution in [0.1, 0.15) is 16.7 Å². The van der Waals surface area contributed by atoms with E-state index in [1.54, 1.807) is 0 Å². The molecule has 0 radical (unpaired) electrons. The van der Waals surface area contributed by atoms with Crippen LogP contribution in [0.25, 0.3) is 0 Å². The van der Waals surface area contributed by atoms with Gasteiger partial charge in [-0.3, -0.25) is 0 Å². The molecule has 2 N–H and O–H groups in total. The molecule has 0 saturated carbocycles. The molecule has 100 valence electrons. The highest BCUT2D eigenvalue weighted by atomic mass is 15.1. The third kappa shape index (κ3) is 3.58. The molecule has 0 aliphatic heterocycles. The number of nitrogens with zero attached hydrogens (tertiary/aromatic N) is 1. The molecule has 2 nitrogen and oxygen atoms in total. The summed E-state index contributed by atoms with van der Waals surface area (Å²) in [4.78, 5) is 2.29. The van der Waals surface area contributed by atoms with Crippen molar-refractivity contribution in [1.29, 1.82) is 0 Å². The first-order valence-corrected chi connectivity index (χ1v) is 6.75. The van der Waals surface area contributed by atoms with Crippen LogP contribution in [-0.4, -0.2) is 13.6 Å². The van der Waals surface area contributed by atoms with Gasteiger partial charge in [-0.15, -0.1) is 0 Å². The van der Waals surface area contributed by atoms with E-state index in [9.17, 15) is 0 Å². The lowest BCUT2D eigenvalue weighted by Gasteiger charge is -2.22. The Morgan fingerprint density at radius 2 is 1.84 bits per heavy atom. The molecule has 2 aromatic carbocycles. The van der Waals surface area contributed by atoms with Crippen LogP contribution in [0.3, 0.4) is 0 Å². The maximum absolute atomic E-state index is 5.68. The minimum Gasteiger partial charge on any atom is -0.370 e. The van der Waals surface area contributed by atoms with Gasteiger partial charge in [0.05, 0.1) is 0 Å². The number of benzene rings is 2. The first kappa shape index (κ1) is 13.6. The number of para-hydroxylation sites is 1. The molecule has 0 unspecified atom stereocenters. The van der Waals surface area contributed by atoms with Crippen LogP contribution in [-0.2, 0) is 13.0 Å². The van der Waals surface area contributed by atoms with Crippen LogP contribution >= 0.6 is 0 Å². The molecule has 0 aliphatic carbocycles. The topological polar surface area (TPSA) is 29.3 Å². The average molecular weight is 254 g/mol. The molecule has 2 heteroatoms. The van der Waals surface area contributed by atoms with Crippen LogP contribution in [0.5, 0.6) is 0 Å². The predicted molar refractivity (Wildman–Crippen MR) is 82.5 cm³/mol. The lowest BCUT2D eigenvalue weighted by molar-refractivity contribution is 0.892. The SMILES string of the molecule is Cc1cccc(CN(C)c2ccccc2CCN)c1. The number of nitrogens with two attached hydrogens (primary N) is 1. The van der Waals surface area contributed by atoms with Crippen LogP contribution in [0.2, 0.25) is 0 Å². The highest BCUT2D eigenvalue weighted by Crippen LogP contribution is 2.21. The second-order valence-electron chi connectivity index (χ2n) is 5.01. The molecule has 0 atom stereocenters.